The van der Waals surface area contributed by atoms with Crippen molar-refractivity contribution in [3.8, 4) is 11.5 Å². The summed E-state index contributed by atoms with van der Waals surface area (Å²) in [5.41, 5.74) is 0.705. The molecule has 0 aliphatic heterocycles. The summed E-state index contributed by atoms with van der Waals surface area (Å²) in [6, 6.07) is 14.3. The quantitative estimate of drug-likeness (QED) is 0.210. The topological polar surface area (TPSA) is 62.2 Å². The molecular weight excluding hydrogens is 639 g/mol. The van der Waals surface area contributed by atoms with E-state index in [9.17, 15) is 10.2 Å². The Kier molecular flexibility index (Phi) is 11.1. The molecule has 2 aromatic carbocycles. The van der Waals surface area contributed by atoms with E-state index in [0.717, 1.165) is 80.1 Å². The highest BCUT2D eigenvalue weighted by Gasteiger charge is 2.41. The molecule has 2 saturated carbocycles. The van der Waals surface area contributed by atoms with Gasteiger partial charge in [-0.15, -0.1) is 24.0 Å². The lowest BCUT2D eigenvalue weighted by Gasteiger charge is -2.42. The summed E-state index contributed by atoms with van der Waals surface area (Å²) in [6.07, 6.45) is 9.89. The first-order valence-corrected chi connectivity index (χ1v) is 15.2. The summed E-state index contributed by atoms with van der Waals surface area (Å²) < 4.78 is 53.6. The van der Waals surface area contributed by atoms with Crippen molar-refractivity contribution in [2.75, 3.05) is 62.4 Å². The zero-order valence-corrected chi connectivity index (χ0v) is 28.6. The van der Waals surface area contributed by atoms with E-state index in [2.05, 4.69) is 26.0 Å². The molecule has 42 heavy (non-hydrogen) atoms. The van der Waals surface area contributed by atoms with E-state index >= 15 is 0 Å². The van der Waals surface area contributed by atoms with Gasteiger partial charge in [0, 0.05) is 12.5 Å². The summed E-state index contributed by atoms with van der Waals surface area (Å²) in [5, 5.41) is 22.4. The van der Waals surface area contributed by atoms with Crippen molar-refractivity contribution >= 4 is 24.0 Å². The lowest BCUT2D eigenvalue weighted by atomic mass is 9.72. The lowest BCUT2D eigenvalue weighted by molar-refractivity contribution is -0.872. The third-order valence-electron chi connectivity index (χ3n) is 8.81. The van der Waals surface area contributed by atoms with Gasteiger partial charge in [-0.2, -0.15) is 0 Å². The number of hydrogen-bond donors (Lipinski definition) is 2. The van der Waals surface area contributed by atoms with Gasteiger partial charge in [0.25, 0.3) is 0 Å². The van der Waals surface area contributed by atoms with Crippen molar-refractivity contribution in [2.45, 2.75) is 87.2 Å². The van der Waals surface area contributed by atoms with Crippen LogP contribution in [-0.2, 0) is 0 Å². The molecule has 0 aromatic heterocycles. The Morgan fingerprint density at radius 3 is 1.45 bits per heavy atom. The Morgan fingerprint density at radius 2 is 1.10 bits per heavy atom. The van der Waals surface area contributed by atoms with E-state index in [-0.39, 0.29) is 35.8 Å². The minimum atomic E-state index is -2.44. The second kappa shape index (κ2) is 16.6. The van der Waals surface area contributed by atoms with Crippen molar-refractivity contribution in [3.63, 3.8) is 0 Å². The fourth-order valence-corrected chi connectivity index (χ4v) is 6.65. The standard InChI is InChI=1S/C18H30NO2.C17H27NO2.HI/c1-19(2,3)14-17(18(20)12-6-5-7-13-18)15-8-10-16(21-4)11-9-15;1-18(2)13-16(17(19)11-5-4-6-12-17)14-7-9-15(20-3)10-8-14;/h8-11,17,20H,5-7,12-14H2,1-4H3;7-10,16,19H,4-6,11-13H2,1-3H3;1H/q+1;;/i4D3;3D3;. The van der Waals surface area contributed by atoms with E-state index in [1.165, 1.54) is 12.8 Å². The highest BCUT2D eigenvalue weighted by atomic mass is 127. The normalized spacial score (nSPS) is 22.2. The van der Waals surface area contributed by atoms with E-state index in [0.29, 0.717) is 11.5 Å². The van der Waals surface area contributed by atoms with Gasteiger partial charge in [0.1, 0.15) is 11.5 Å². The molecule has 7 heteroatoms. The van der Waals surface area contributed by atoms with Crippen molar-refractivity contribution in [3.05, 3.63) is 59.7 Å². The van der Waals surface area contributed by atoms with Crippen LogP contribution in [0.1, 0.15) is 95.4 Å². The summed E-state index contributed by atoms with van der Waals surface area (Å²) in [5.74, 6) is 0.700. The molecule has 2 atom stereocenters. The number of ether oxygens (including phenoxy) is 2. The fourth-order valence-electron chi connectivity index (χ4n) is 6.65. The van der Waals surface area contributed by atoms with Gasteiger partial charge in [0.15, 0.2) is 0 Å². The van der Waals surface area contributed by atoms with Crippen LogP contribution in [0.4, 0.5) is 0 Å². The van der Waals surface area contributed by atoms with Crippen LogP contribution in [0.5, 0.6) is 11.5 Å². The molecule has 0 heterocycles. The number of halogens is 1. The van der Waals surface area contributed by atoms with Crippen LogP contribution in [0, 0.1) is 0 Å². The van der Waals surface area contributed by atoms with Gasteiger partial charge in [-0.3, -0.25) is 0 Å². The van der Waals surface area contributed by atoms with Gasteiger partial charge in [0.2, 0.25) is 0 Å². The van der Waals surface area contributed by atoms with E-state index in [4.69, 9.17) is 17.7 Å². The Bertz CT molecular complexity index is 1220. The van der Waals surface area contributed by atoms with E-state index in [1.54, 1.807) is 24.3 Å². The van der Waals surface area contributed by atoms with Gasteiger partial charge in [-0.05, 0) is 75.2 Å². The minimum absolute atomic E-state index is 0. The average Bonchev–Trinajstić information content (AvgIpc) is 2.95. The van der Waals surface area contributed by atoms with Gasteiger partial charge < -0.3 is 29.1 Å². The number of hydrogen-bond acceptors (Lipinski definition) is 5. The van der Waals surface area contributed by atoms with E-state index in [1.807, 2.05) is 38.4 Å². The summed E-state index contributed by atoms with van der Waals surface area (Å²) in [6.45, 7) is 1.59. The zero-order valence-electron chi connectivity index (χ0n) is 32.3. The summed E-state index contributed by atoms with van der Waals surface area (Å²) in [4.78, 5) is 2.09. The molecule has 2 aliphatic carbocycles. The average molecular weight is 704 g/mol. The Labute approximate surface area is 281 Å². The molecule has 0 saturated heterocycles. The van der Waals surface area contributed by atoms with Crippen LogP contribution < -0.4 is 9.47 Å². The number of nitrogens with zero attached hydrogens (tertiary/aromatic N) is 2. The van der Waals surface area contributed by atoms with Crippen molar-refractivity contribution < 1.29 is 32.4 Å². The Hall–Kier alpha value is -1.39. The molecule has 0 spiro atoms. The summed E-state index contributed by atoms with van der Waals surface area (Å²) in [7, 11) is 5.52. The number of benzene rings is 2. The van der Waals surface area contributed by atoms with Crippen LogP contribution in [0.2, 0.25) is 0 Å². The monoisotopic (exact) mass is 703 g/mol. The number of aliphatic hydroxyl groups is 2. The maximum absolute atomic E-state index is 11.3. The molecule has 2 unspecified atom stereocenters. The Balaban J connectivity index is 0.000000327. The molecule has 2 aromatic rings. The molecule has 0 bridgehead atoms. The predicted octanol–water partition coefficient (Wildman–Crippen LogP) is 6.83. The molecule has 2 aliphatic rings. The number of quaternary nitrogens is 1. The molecule has 0 radical (unpaired) electrons. The predicted molar refractivity (Wildman–Crippen MR) is 184 cm³/mol. The smallest absolute Gasteiger partial charge is 0.118 e. The van der Waals surface area contributed by atoms with Gasteiger partial charge >= 0.3 is 0 Å². The van der Waals surface area contributed by atoms with Gasteiger partial charge in [-0.1, -0.05) is 62.8 Å². The maximum Gasteiger partial charge on any atom is 0.118 e. The number of methoxy groups -OCH3 is 2. The first-order chi connectivity index (χ1) is 21.7. The highest BCUT2D eigenvalue weighted by Crippen LogP contribution is 2.42. The molecule has 2 N–H and O–H groups in total. The van der Waals surface area contributed by atoms with Crippen LogP contribution in [0.25, 0.3) is 0 Å². The minimum Gasteiger partial charge on any atom is -0.497 e. The first-order valence-electron chi connectivity index (χ1n) is 18.2. The molecular formula is C35H58IN2O4+. The molecule has 238 valence electrons. The second-order valence-corrected chi connectivity index (χ2v) is 13.5. The van der Waals surface area contributed by atoms with Gasteiger partial charge in [-0.25, -0.2) is 0 Å². The van der Waals surface area contributed by atoms with Crippen LogP contribution in [0.3, 0.4) is 0 Å². The maximum atomic E-state index is 11.3. The van der Waals surface area contributed by atoms with Crippen molar-refractivity contribution in [2.24, 2.45) is 0 Å². The lowest BCUT2D eigenvalue weighted by Crippen LogP contribution is -2.48. The summed E-state index contributed by atoms with van der Waals surface area (Å²) >= 11 is 0. The fraction of sp³-hybridized carbons (Fsp3) is 0.657. The molecule has 2 fully saturated rings. The Morgan fingerprint density at radius 1 is 0.714 bits per heavy atom. The van der Waals surface area contributed by atoms with Crippen molar-refractivity contribution in [1.29, 1.82) is 0 Å². The molecule has 6 nitrogen and oxygen atoms in total. The van der Waals surface area contributed by atoms with Crippen LogP contribution in [0.15, 0.2) is 48.5 Å². The van der Waals surface area contributed by atoms with Crippen LogP contribution in [-0.4, -0.2) is 93.2 Å². The van der Waals surface area contributed by atoms with Crippen molar-refractivity contribution in [1.82, 2.24) is 4.90 Å². The molecule has 0 amide bonds. The van der Waals surface area contributed by atoms with Gasteiger partial charge in [0.05, 0.1) is 67.1 Å². The van der Waals surface area contributed by atoms with Crippen LogP contribution >= 0.6 is 24.0 Å². The highest BCUT2D eigenvalue weighted by molar-refractivity contribution is 14.0. The second-order valence-electron chi connectivity index (χ2n) is 13.5. The third-order valence-corrected chi connectivity index (χ3v) is 8.81. The first kappa shape index (κ1) is 28.1. The third kappa shape index (κ3) is 10.7. The zero-order chi connectivity index (χ0) is 35.1. The largest absolute Gasteiger partial charge is 0.497 e. The van der Waals surface area contributed by atoms with E-state index < -0.39 is 25.3 Å². The SMILES string of the molecule is I.[2H]C([2H])([2H])Oc1ccc(C(CN(C)C)C2(O)CCCCC2)cc1.[2H]C([2H])([2H])Oc1ccc(C(C[N+](C)(C)C)C2(O)CCCCC2)cc1. The molecule has 4 rings (SSSR count). The number of rotatable bonds is 10. The number of likely N-dealkylation sites (N-methyl/N-ethyl adjacent to an activating group) is 2.